The van der Waals surface area contributed by atoms with Crippen LogP contribution in [0, 0.1) is 0 Å². The van der Waals surface area contributed by atoms with Crippen LogP contribution in [0.5, 0.6) is 0 Å². The molecule has 0 saturated carbocycles. The van der Waals surface area contributed by atoms with E-state index >= 15 is 0 Å². The lowest BCUT2D eigenvalue weighted by Gasteiger charge is -2.12. The second kappa shape index (κ2) is 6.87. The highest BCUT2D eigenvalue weighted by molar-refractivity contribution is 5.93. The molecule has 0 atom stereocenters. The molecule has 132 valence electrons. The van der Waals surface area contributed by atoms with Crippen LogP contribution in [0.15, 0.2) is 66.9 Å². The van der Waals surface area contributed by atoms with Crippen molar-refractivity contribution in [3.8, 4) is 11.1 Å². The monoisotopic (exact) mass is 357 g/mol. The molecule has 1 heterocycles. The molecule has 26 heavy (non-hydrogen) atoms. The van der Waals surface area contributed by atoms with Gasteiger partial charge in [0, 0.05) is 23.0 Å². The Kier molecular flexibility index (Phi) is 4.62. The molecule has 0 spiro atoms. The number of aromatic nitrogens is 1. The highest BCUT2D eigenvalue weighted by Crippen LogP contribution is 2.32. The lowest BCUT2D eigenvalue weighted by atomic mass is 10.0. The molecule has 1 amide bonds. The van der Waals surface area contributed by atoms with Crippen LogP contribution in [0.25, 0.3) is 11.1 Å². The van der Waals surface area contributed by atoms with Gasteiger partial charge in [-0.15, -0.1) is 0 Å². The number of nitrogens with one attached hydrogen (secondary N) is 1. The number of carbonyl (C=O) groups is 1. The molecule has 0 saturated heterocycles. The van der Waals surface area contributed by atoms with Gasteiger partial charge in [0.1, 0.15) is 5.82 Å². The Hall–Kier alpha value is -3.35. The first-order chi connectivity index (χ1) is 12.3. The van der Waals surface area contributed by atoms with Gasteiger partial charge in [-0.1, -0.05) is 12.1 Å². The number of nitrogens with zero attached hydrogens (tertiary/aromatic N) is 1. The van der Waals surface area contributed by atoms with E-state index in [-0.39, 0.29) is 0 Å². The van der Waals surface area contributed by atoms with Gasteiger partial charge in [0.05, 0.1) is 5.56 Å². The fourth-order valence-electron chi connectivity index (χ4n) is 2.43. The summed E-state index contributed by atoms with van der Waals surface area (Å²) in [5.41, 5.74) is 6.91. The summed E-state index contributed by atoms with van der Waals surface area (Å²) in [5.74, 6) is -0.0371. The van der Waals surface area contributed by atoms with E-state index in [0.29, 0.717) is 17.1 Å². The molecule has 0 fully saturated rings. The van der Waals surface area contributed by atoms with Crippen LogP contribution < -0.4 is 11.1 Å². The van der Waals surface area contributed by atoms with E-state index in [2.05, 4.69) is 10.3 Å². The summed E-state index contributed by atoms with van der Waals surface area (Å²) in [6, 6.07) is 14.9. The van der Waals surface area contributed by atoms with E-state index in [1.54, 1.807) is 36.5 Å². The Morgan fingerprint density at radius 3 is 2.19 bits per heavy atom. The number of alkyl halides is 3. The minimum absolute atomic E-state index is 0.384. The standard InChI is InChI=1S/C19H14F3N3O/c20-19(21,22)14-7-9-15(10-8-14)25-18-16(2-1-11-24-18)12-3-5-13(6-4-12)17(23)26/h1-11H,(H2,23,26)(H,24,25). The number of halogens is 3. The van der Waals surface area contributed by atoms with E-state index in [1.807, 2.05) is 6.07 Å². The van der Waals surface area contributed by atoms with Gasteiger partial charge in [-0.3, -0.25) is 4.79 Å². The lowest BCUT2D eigenvalue weighted by Crippen LogP contribution is -2.10. The van der Waals surface area contributed by atoms with Crippen LogP contribution in [-0.4, -0.2) is 10.9 Å². The molecule has 7 heteroatoms. The topological polar surface area (TPSA) is 68.0 Å². The molecule has 1 aromatic heterocycles. The van der Waals surface area contributed by atoms with Crippen molar-refractivity contribution in [3.05, 3.63) is 78.0 Å². The molecule has 4 nitrogen and oxygen atoms in total. The van der Waals surface area contributed by atoms with Gasteiger partial charge in [-0.2, -0.15) is 13.2 Å². The van der Waals surface area contributed by atoms with Gasteiger partial charge in [-0.25, -0.2) is 4.98 Å². The van der Waals surface area contributed by atoms with Crippen molar-refractivity contribution in [2.75, 3.05) is 5.32 Å². The molecular weight excluding hydrogens is 343 g/mol. The number of anilines is 2. The second-order valence-electron chi connectivity index (χ2n) is 5.54. The third kappa shape index (κ3) is 3.83. The van der Waals surface area contributed by atoms with Crippen molar-refractivity contribution >= 4 is 17.4 Å². The Morgan fingerprint density at radius 2 is 1.62 bits per heavy atom. The molecule has 3 N–H and O–H groups in total. The summed E-state index contributed by atoms with van der Waals surface area (Å²) in [6.07, 6.45) is -2.80. The number of nitrogens with two attached hydrogens (primary N) is 1. The zero-order chi connectivity index (χ0) is 18.7. The van der Waals surface area contributed by atoms with Crippen LogP contribution in [-0.2, 0) is 6.18 Å². The largest absolute Gasteiger partial charge is 0.416 e. The number of amides is 1. The Balaban J connectivity index is 1.89. The summed E-state index contributed by atoms with van der Waals surface area (Å²) in [5, 5.41) is 3.02. The number of primary amides is 1. The first-order valence-electron chi connectivity index (χ1n) is 7.64. The predicted molar refractivity (Wildman–Crippen MR) is 92.9 cm³/mol. The number of benzene rings is 2. The van der Waals surface area contributed by atoms with Gasteiger partial charge in [0.25, 0.3) is 0 Å². The van der Waals surface area contributed by atoms with Crippen molar-refractivity contribution in [2.45, 2.75) is 6.18 Å². The minimum Gasteiger partial charge on any atom is -0.366 e. The molecule has 0 bridgehead atoms. The third-order valence-corrected chi connectivity index (χ3v) is 3.76. The molecule has 0 unspecified atom stereocenters. The zero-order valence-corrected chi connectivity index (χ0v) is 13.4. The number of pyridine rings is 1. The van der Waals surface area contributed by atoms with Crippen LogP contribution in [0.2, 0.25) is 0 Å². The van der Waals surface area contributed by atoms with Gasteiger partial charge >= 0.3 is 6.18 Å². The average molecular weight is 357 g/mol. The highest BCUT2D eigenvalue weighted by Gasteiger charge is 2.29. The summed E-state index contributed by atoms with van der Waals surface area (Å²) in [7, 11) is 0. The van der Waals surface area contributed by atoms with Gasteiger partial charge in [-0.05, 0) is 54.1 Å². The van der Waals surface area contributed by atoms with E-state index in [4.69, 9.17) is 5.73 Å². The number of hydrogen-bond donors (Lipinski definition) is 2. The first kappa shape index (κ1) is 17.5. The highest BCUT2D eigenvalue weighted by atomic mass is 19.4. The van der Waals surface area contributed by atoms with Crippen molar-refractivity contribution in [1.82, 2.24) is 4.98 Å². The number of carbonyl (C=O) groups excluding carboxylic acids is 1. The summed E-state index contributed by atoms with van der Waals surface area (Å²) >= 11 is 0. The Bertz CT molecular complexity index is 920. The smallest absolute Gasteiger partial charge is 0.366 e. The number of rotatable bonds is 4. The van der Waals surface area contributed by atoms with E-state index < -0.39 is 17.6 Å². The van der Waals surface area contributed by atoms with Crippen LogP contribution in [0.3, 0.4) is 0 Å². The van der Waals surface area contributed by atoms with Crippen molar-refractivity contribution in [2.24, 2.45) is 5.73 Å². The Morgan fingerprint density at radius 1 is 0.962 bits per heavy atom. The molecule has 0 aliphatic carbocycles. The van der Waals surface area contributed by atoms with Gasteiger partial charge < -0.3 is 11.1 Å². The van der Waals surface area contributed by atoms with Crippen LogP contribution in [0.4, 0.5) is 24.7 Å². The lowest BCUT2D eigenvalue weighted by molar-refractivity contribution is -0.137. The summed E-state index contributed by atoms with van der Waals surface area (Å²) < 4.78 is 38.0. The van der Waals surface area contributed by atoms with Gasteiger partial charge in [0.15, 0.2) is 0 Å². The first-order valence-corrected chi connectivity index (χ1v) is 7.64. The fraction of sp³-hybridized carbons (Fsp3) is 0.0526. The summed E-state index contributed by atoms with van der Waals surface area (Å²) in [4.78, 5) is 15.4. The molecule has 3 aromatic rings. The fourth-order valence-corrected chi connectivity index (χ4v) is 2.43. The molecule has 0 aliphatic rings. The van der Waals surface area contributed by atoms with Gasteiger partial charge in [0.2, 0.25) is 5.91 Å². The van der Waals surface area contributed by atoms with E-state index in [0.717, 1.165) is 23.3 Å². The maximum Gasteiger partial charge on any atom is 0.416 e. The SMILES string of the molecule is NC(=O)c1ccc(-c2cccnc2Nc2ccc(C(F)(F)F)cc2)cc1. The minimum atomic E-state index is -4.38. The van der Waals surface area contributed by atoms with Crippen molar-refractivity contribution in [1.29, 1.82) is 0 Å². The van der Waals surface area contributed by atoms with Crippen LogP contribution in [0.1, 0.15) is 15.9 Å². The molecule has 3 rings (SSSR count). The number of hydrogen-bond acceptors (Lipinski definition) is 3. The zero-order valence-electron chi connectivity index (χ0n) is 13.4. The molecule has 0 aliphatic heterocycles. The van der Waals surface area contributed by atoms with Crippen molar-refractivity contribution < 1.29 is 18.0 Å². The van der Waals surface area contributed by atoms with E-state index in [9.17, 15) is 18.0 Å². The normalized spacial score (nSPS) is 11.2. The quantitative estimate of drug-likeness (QED) is 0.716. The third-order valence-electron chi connectivity index (χ3n) is 3.76. The maximum absolute atomic E-state index is 12.7. The summed E-state index contributed by atoms with van der Waals surface area (Å²) in [6.45, 7) is 0. The second-order valence-corrected chi connectivity index (χ2v) is 5.54. The Labute approximate surface area is 147 Å². The molecule has 2 aromatic carbocycles. The van der Waals surface area contributed by atoms with E-state index in [1.165, 1.54) is 12.1 Å². The maximum atomic E-state index is 12.7. The van der Waals surface area contributed by atoms with Crippen molar-refractivity contribution in [3.63, 3.8) is 0 Å². The van der Waals surface area contributed by atoms with Crippen LogP contribution >= 0.6 is 0 Å². The average Bonchev–Trinajstić information content (AvgIpc) is 2.62. The predicted octanol–water partition coefficient (Wildman–Crippen LogP) is 4.61. The molecular formula is C19H14F3N3O. The molecule has 0 radical (unpaired) electrons.